The molecule has 0 bridgehead atoms. The SMILES string of the molecule is CCCN(CCC)C(=O)CNC1CC1. The molecule has 1 aliphatic rings. The van der Waals surface area contributed by atoms with Gasteiger partial charge in [0.2, 0.25) is 5.91 Å². The zero-order chi connectivity index (χ0) is 10.4. The van der Waals surface area contributed by atoms with Gasteiger partial charge in [0.15, 0.2) is 0 Å². The van der Waals surface area contributed by atoms with Crippen LogP contribution in [0, 0.1) is 0 Å². The van der Waals surface area contributed by atoms with E-state index in [1.165, 1.54) is 12.8 Å². The molecule has 1 aliphatic carbocycles. The minimum Gasteiger partial charge on any atom is -0.342 e. The lowest BCUT2D eigenvalue weighted by molar-refractivity contribution is -0.130. The molecule has 0 heterocycles. The summed E-state index contributed by atoms with van der Waals surface area (Å²) in [7, 11) is 0. The number of hydrogen-bond acceptors (Lipinski definition) is 2. The van der Waals surface area contributed by atoms with Crippen molar-refractivity contribution in [2.24, 2.45) is 0 Å². The quantitative estimate of drug-likeness (QED) is 0.670. The highest BCUT2D eigenvalue weighted by atomic mass is 16.2. The number of hydrogen-bond donors (Lipinski definition) is 1. The van der Waals surface area contributed by atoms with E-state index in [-0.39, 0.29) is 5.91 Å². The molecule has 3 nitrogen and oxygen atoms in total. The van der Waals surface area contributed by atoms with E-state index >= 15 is 0 Å². The van der Waals surface area contributed by atoms with Crippen LogP contribution in [-0.2, 0) is 4.79 Å². The Hall–Kier alpha value is -0.570. The van der Waals surface area contributed by atoms with Crippen LogP contribution in [0.25, 0.3) is 0 Å². The van der Waals surface area contributed by atoms with Gasteiger partial charge in [-0.15, -0.1) is 0 Å². The van der Waals surface area contributed by atoms with Crippen LogP contribution in [0.3, 0.4) is 0 Å². The van der Waals surface area contributed by atoms with Crippen molar-refractivity contribution in [1.29, 1.82) is 0 Å². The van der Waals surface area contributed by atoms with E-state index < -0.39 is 0 Å². The maximum atomic E-state index is 11.7. The lowest BCUT2D eigenvalue weighted by atomic mass is 10.3. The summed E-state index contributed by atoms with van der Waals surface area (Å²) in [4.78, 5) is 13.7. The summed E-state index contributed by atoms with van der Waals surface area (Å²) in [5.41, 5.74) is 0. The number of amides is 1. The fraction of sp³-hybridized carbons (Fsp3) is 0.909. The zero-order valence-corrected chi connectivity index (χ0v) is 9.38. The normalized spacial score (nSPS) is 15.6. The van der Waals surface area contributed by atoms with Crippen molar-refractivity contribution in [3.63, 3.8) is 0 Å². The standard InChI is InChI=1S/C11H22N2O/c1-3-7-13(8-4-2)11(14)9-12-10-5-6-10/h10,12H,3-9H2,1-2H3. The number of carbonyl (C=O) groups excluding carboxylic acids is 1. The van der Waals surface area contributed by atoms with Crippen molar-refractivity contribution < 1.29 is 4.79 Å². The summed E-state index contributed by atoms with van der Waals surface area (Å²) in [6, 6.07) is 0.629. The van der Waals surface area contributed by atoms with E-state index in [1.54, 1.807) is 0 Å². The molecule has 0 radical (unpaired) electrons. The highest BCUT2D eigenvalue weighted by molar-refractivity contribution is 5.78. The van der Waals surface area contributed by atoms with Crippen LogP contribution in [-0.4, -0.2) is 36.5 Å². The molecule has 1 rings (SSSR count). The molecule has 0 aromatic heterocycles. The van der Waals surface area contributed by atoms with Gasteiger partial charge < -0.3 is 10.2 Å². The molecule has 0 aliphatic heterocycles. The highest BCUT2D eigenvalue weighted by Crippen LogP contribution is 2.18. The fourth-order valence-electron chi connectivity index (χ4n) is 1.53. The van der Waals surface area contributed by atoms with Crippen molar-refractivity contribution in [1.82, 2.24) is 10.2 Å². The summed E-state index contributed by atoms with van der Waals surface area (Å²) >= 11 is 0. The van der Waals surface area contributed by atoms with Gasteiger partial charge in [-0.25, -0.2) is 0 Å². The largest absolute Gasteiger partial charge is 0.342 e. The fourth-order valence-corrected chi connectivity index (χ4v) is 1.53. The van der Waals surface area contributed by atoms with Crippen LogP contribution in [0.2, 0.25) is 0 Å². The second-order valence-corrected chi connectivity index (χ2v) is 4.04. The van der Waals surface area contributed by atoms with E-state index in [4.69, 9.17) is 0 Å². The van der Waals surface area contributed by atoms with Gasteiger partial charge in [-0.05, 0) is 25.7 Å². The van der Waals surface area contributed by atoms with E-state index in [0.717, 1.165) is 25.9 Å². The average molecular weight is 198 g/mol. The monoisotopic (exact) mass is 198 g/mol. The third-order valence-electron chi connectivity index (χ3n) is 2.46. The van der Waals surface area contributed by atoms with E-state index in [9.17, 15) is 4.79 Å². The van der Waals surface area contributed by atoms with Gasteiger partial charge in [-0.3, -0.25) is 4.79 Å². The summed E-state index contributed by atoms with van der Waals surface area (Å²) in [5.74, 6) is 0.264. The second kappa shape index (κ2) is 6.02. The molecule has 0 aromatic carbocycles. The van der Waals surface area contributed by atoms with Crippen molar-refractivity contribution in [2.75, 3.05) is 19.6 Å². The number of nitrogens with zero attached hydrogens (tertiary/aromatic N) is 1. The third kappa shape index (κ3) is 4.09. The summed E-state index contributed by atoms with van der Waals surface area (Å²) < 4.78 is 0. The van der Waals surface area contributed by atoms with E-state index in [1.807, 2.05) is 4.90 Å². The predicted molar refractivity (Wildman–Crippen MR) is 58.2 cm³/mol. The van der Waals surface area contributed by atoms with Gasteiger partial charge in [-0.1, -0.05) is 13.8 Å². The van der Waals surface area contributed by atoms with Crippen molar-refractivity contribution in [2.45, 2.75) is 45.6 Å². The molecule has 1 fully saturated rings. The Kier molecular flexibility index (Phi) is 4.94. The van der Waals surface area contributed by atoms with Gasteiger partial charge in [-0.2, -0.15) is 0 Å². The van der Waals surface area contributed by atoms with Crippen LogP contribution < -0.4 is 5.32 Å². The Morgan fingerprint density at radius 3 is 2.29 bits per heavy atom. The van der Waals surface area contributed by atoms with Crippen LogP contribution in [0.5, 0.6) is 0 Å². The summed E-state index contributed by atoms with van der Waals surface area (Å²) in [5, 5.41) is 3.26. The molecule has 1 amide bonds. The molecule has 82 valence electrons. The Labute approximate surface area is 86.9 Å². The van der Waals surface area contributed by atoms with E-state index in [2.05, 4.69) is 19.2 Å². The molecule has 0 spiro atoms. The van der Waals surface area contributed by atoms with Crippen LogP contribution in [0.1, 0.15) is 39.5 Å². The van der Waals surface area contributed by atoms with E-state index in [0.29, 0.717) is 12.6 Å². The maximum absolute atomic E-state index is 11.7. The van der Waals surface area contributed by atoms with Gasteiger partial charge in [0.25, 0.3) is 0 Å². The van der Waals surface area contributed by atoms with Crippen molar-refractivity contribution in [3.05, 3.63) is 0 Å². The topological polar surface area (TPSA) is 32.3 Å². The minimum atomic E-state index is 0.264. The average Bonchev–Trinajstić information content (AvgIpc) is 2.97. The number of rotatable bonds is 7. The first kappa shape index (κ1) is 11.5. The molecule has 1 saturated carbocycles. The first-order valence-corrected chi connectivity index (χ1v) is 5.79. The minimum absolute atomic E-state index is 0.264. The molecule has 0 aromatic rings. The smallest absolute Gasteiger partial charge is 0.236 e. The molecule has 14 heavy (non-hydrogen) atoms. The van der Waals surface area contributed by atoms with Crippen LogP contribution >= 0.6 is 0 Å². The molecule has 1 N–H and O–H groups in total. The lowest BCUT2D eigenvalue weighted by Gasteiger charge is -2.21. The van der Waals surface area contributed by atoms with Gasteiger partial charge in [0.1, 0.15) is 0 Å². The third-order valence-corrected chi connectivity index (χ3v) is 2.46. The zero-order valence-electron chi connectivity index (χ0n) is 9.38. The number of carbonyl (C=O) groups is 1. The van der Waals surface area contributed by atoms with Gasteiger partial charge in [0.05, 0.1) is 6.54 Å². The summed E-state index contributed by atoms with van der Waals surface area (Å²) in [6.07, 6.45) is 4.59. The molecule has 0 atom stereocenters. The molecular formula is C11H22N2O. The Bertz CT molecular complexity index is 172. The summed E-state index contributed by atoms with van der Waals surface area (Å²) in [6.45, 7) is 6.57. The molecular weight excluding hydrogens is 176 g/mol. The Morgan fingerprint density at radius 1 is 1.29 bits per heavy atom. The molecule has 3 heteroatoms. The molecule has 0 saturated heterocycles. The van der Waals surface area contributed by atoms with Crippen molar-refractivity contribution >= 4 is 5.91 Å². The van der Waals surface area contributed by atoms with Gasteiger partial charge >= 0.3 is 0 Å². The first-order chi connectivity index (χ1) is 6.77. The van der Waals surface area contributed by atoms with Crippen LogP contribution in [0.4, 0.5) is 0 Å². The van der Waals surface area contributed by atoms with Crippen LogP contribution in [0.15, 0.2) is 0 Å². The first-order valence-electron chi connectivity index (χ1n) is 5.79. The maximum Gasteiger partial charge on any atom is 0.236 e. The Balaban J connectivity index is 2.20. The predicted octanol–water partition coefficient (Wildman–Crippen LogP) is 1.39. The highest BCUT2D eigenvalue weighted by Gasteiger charge is 2.22. The lowest BCUT2D eigenvalue weighted by Crippen LogP contribution is -2.39. The van der Waals surface area contributed by atoms with Gasteiger partial charge in [0, 0.05) is 19.1 Å². The second-order valence-electron chi connectivity index (χ2n) is 4.04. The van der Waals surface area contributed by atoms with Crippen molar-refractivity contribution in [3.8, 4) is 0 Å². The number of nitrogens with one attached hydrogen (secondary N) is 1. The molecule has 0 unspecified atom stereocenters. The Morgan fingerprint density at radius 2 is 1.86 bits per heavy atom.